The number of esters is 1. The molecular weight excluding hydrogens is 408 g/mol. The molecule has 6 heteroatoms. The maximum absolute atomic E-state index is 12.2. The van der Waals surface area contributed by atoms with Crippen LogP contribution < -0.4 is 10.4 Å². The summed E-state index contributed by atoms with van der Waals surface area (Å²) in [7, 11) is -1.46. The van der Waals surface area contributed by atoms with Crippen LogP contribution in [0.2, 0.25) is 5.04 Å². The summed E-state index contributed by atoms with van der Waals surface area (Å²) in [6.07, 6.45) is 1.15. The van der Waals surface area contributed by atoms with Gasteiger partial charge < -0.3 is 14.3 Å². The number of carboxylic acids is 1. The van der Waals surface area contributed by atoms with E-state index in [-0.39, 0.29) is 11.1 Å². The molecule has 5 nitrogen and oxygen atoms in total. The molecule has 0 heterocycles. The smallest absolute Gasteiger partial charge is 0.309 e. The van der Waals surface area contributed by atoms with Crippen molar-refractivity contribution in [2.24, 2.45) is 11.8 Å². The van der Waals surface area contributed by atoms with Crippen LogP contribution in [0.1, 0.15) is 40.0 Å². The highest BCUT2D eigenvalue weighted by Crippen LogP contribution is 2.41. The fourth-order valence-corrected chi connectivity index (χ4v) is 9.62. The fraction of sp³-hybridized carbons (Fsp3) is 0.440. The molecule has 0 aromatic heterocycles. The Hall–Kier alpha value is -2.44. The lowest BCUT2D eigenvalue weighted by Crippen LogP contribution is -2.68. The average Bonchev–Trinajstić information content (AvgIpc) is 2.77. The van der Waals surface area contributed by atoms with Gasteiger partial charge in [0.25, 0.3) is 8.32 Å². The molecule has 0 spiro atoms. The lowest BCUT2D eigenvalue weighted by atomic mass is 9.78. The Kier molecular flexibility index (Phi) is 7.02. The van der Waals surface area contributed by atoms with Gasteiger partial charge in [-0.05, 0) is 34.7 Å². The molecule has 2 aromatic carbocycles. The van der Waals surface area contributed by atoms with E-state index >= 15 is 0 Å². The highest BCUT2D eigenvalue weighted by atomic mass is 28.4. The van der Waals surface area contributed by atoms with Crippen molar-refractivity contribution in [1.29, 1.82) is 0 Å². The van der Waals surface area contributed by atoms with Gasteiger partial charge >= 0.3 is 11.9 Å². The minimum atomic E-state index is -2.77. The number of ether oxygens (including phenoxy) is 1. The first-order chi connectivity index (χ1) is 14.7. The second-order valence-electron chi connectivity index (χ2n) is 9.29. The Labute approximate surface area is 185 Å². The summed E-state index contributed by atoms with van der Waals surface area (Å²) < 4.78 is 11.9. The summed E-state index contributed by atoms with van der Waals surface area (Å²) in [6, 6.07) is 20.6. The zero-order valence-electron chi connectivity index (χ0n) is 18.7. The van der Waals surface area contributed by atoms with Crippen molar-refractivity contribution in [2.45, 2.75) is 51.2 Å². The topological polar surface area (TPSA) is 72.8 Å². The van der Waals surface area contributed by atoms with Gasteiger partial charge in [-0.25, -0.2) is 0 Å². The molecule has 1 saturated carbocycles. The van der Waals surface area contributed by atoms with Gasteiger partial charge in [-0.3, -0.25) is 9.59 Å². The molecule has 2 aromatic rings. The van der Waals surface area contributed by atoms with E-state index in [1.165, 1.54) is 7.11 Å². The van der Waals surface area contributed by atoms with E-state index in [0.29, 0.717) is 19.3 Å². The van der Waals surface area contributed by atoms with E-state index < -0.39 is 32.1 Å². The van der Waals surface area contributed by atoms with Crippen molar-refractivity contribution in [3.05, 3.63) is 60.7 Å². The van der Waals surface area contributed by atoms with Crippen LogP contribution in [0.5, 0.6) is 0 Å². The maximum atomic E-state index is 12.2. The zero-order chi connectivity index (χ0) is 22.6. The van der Waals surface area contributed by atoms with Crippen LogP contribution in [-0.2, 0) is 18.8 Å². The lowest BCUT2D eigenvalue weighted by Gasteiger charge is -2.46. The van der Waals surface area contributed by atoms with Gasteiger partial charge in [-0.1, -0.05) is 81.4 Å². The number of methoxy groups -OCH3 is 1. The summed E-state index contributed by atoms with van der Waals surface area (Å²) >= 11 is 0. The molecule has 1 aliphatic carbocycles. The first-order valence-electron chi connectivity index (χ1n) is 10.8. The summed E-state index contributed by atoms with van der Waals surface area (Å²) in [5.74, 6) is -2.84. The quantitative estimate of drug-likeness (QED) is 0.549. The monoisotopic (exact) mass is 440 g/mol. The summed E-state index contributed by atoms with van der Waals surface area (Å²) in [5, 5.41) is 11.9. The number of carboxylic acid groups (broad SMARTS) is 1. The molecule has 0 radical (unpaired) electrons. The van der Waals surface area contributed by atoms with Gasteiger partial charge in [0.15, 0.2) is 0 Å². The first-order valence-corrected chi connectivity index (χ1v) is 12.7. The molecule has 3 rings (SSSR count). The van der Waals surface area contributed by atoms with Crippen LogP contribution in [0.25, 0.3) is 0 Å². The van der Waals surface area contributed by atoms with Crippen molar-refractivity contribution in [1.82, 2.24) is 0 Å². The van der Waals surface area contributed by atoms with E-state index in [9.17, 15) is 14.7 Å². The molecule has 31 heavy (non-hydrogen) atoms. The van der Waals surface area contributed by atoms with E-state index in [0.717, 1.165) is 10.4 Å². The van der Waals surface area contributed by atoms with Crippen molar-refractivity contribution in [2.75, 3.05) is 7.11 Å². The largest absolute Gasteiger partial charge is 0.481 e. The van der Waals surface area contributed by atoms with Gasteiger partial charge in [-0.15, -0.1) is 0 Å². The number of aliphatic carboxylic acids is 1. The minimum absolute atomic E-state index is 0.187. The molecule has 0 aliphatic heterocycles. The summed E-state index contributed by atoms with van der Waals surface area (Å²) in [4.78, 5) is 24.1. The normalized spacial score (nSPS) is 22.0. The minimum Gasteiger partial charge on any atom is -0.481 e. The van der Waals surface area contributed by atoms with Crippen LogP contribution >= 0.6 is 0 Å². The predicted molar refractivity (Wildman–Crippen MR) is 123 cm³/mol. The van der Waals surface area contributed by atoms with Crippen LogP contribution in [0, 0.1) is 11.8 Å². The Morgan fingerprint density at radius 1 is 0.903 bits per heavy atom. The maximum Gasteiger partial charge on any atom is 0.309 e. The third kappa shape index (κ3) is 4.60. The Morgan fingerprint density at radius 2 is 1.42 bits per heavy atom. The number of benzene rings is 2. The van der Waals surface area contributed by atoms with Gasteiger partial charge in [0.2, 0.25) is 0 Å². The standard InChI is InChI=1S/C25H32O5Si/c1-25(2,3)31(19-11-7-5-8-12-19,20-13-9-6-10-14-20)30-18-15-16-21(24(28)29-4)22(17-18)23(26)27/h5-14,18,21-22H,15-17H2,1-4H3,(H,26,27)/t18-,21-,22-/m1/s1. The summed E-state index contributed by atoms with van der Waals surface area (Å²) in [6.45, 7) is 6.61. The van der Waals surface area contributed by atoms with Gasteiger partial charge in [0.1, 0.15) is 0 Å². The van der Waals surface area contributed by atoms with E-state index in [1.807, 2.05) is 36.4 Å². The van der Waals surface area contributed by atoms with E-state index in [4.69, 9.17) is 9.16 Å². The van der Waals surface area contributed by atoms with Crippen molar-refractivity contribution < 1.29 is 23.9 Å². The van der Waals surface area contributed by atoms with E-state index in [1.54, 1.807) is 0 Å². The van der Waals surface area contributed by atoms with Crippen LogP contribution in [0.4, 0.5) is 0 Å². The predicted octanol–water partition coefficient (Wildman–Crippen LogP) is 3.61. The second-order valence-corrected chi connectivity index (χ2v) is 13.5. The molecule has 3 atom stereocenters. The molecule has 1 fully saturated rings. The van der Waals surface area contributed by atoms with Crippen molar-refractivity contribution in [3.8, 4) is 0 Å². The molecule has 0 unspecified atom stereocenters. The molecule has 0 saturated heterocycles. The van der Waals surface area contributed by atoms with Crippen LogP contribution in [-0.4, -0.2) is 38.6 Å². The van der Waals surface area contributed by atoms with Crippen molar-refractivity contribution in [3.63, 3.8) is 0 Å². The Morgan fingerprint density at radius 3 is 1.84 bits per heavy atom. The van der Waals surface area contributed by atoms with Gasteiger partial charge in [0.05, 0.1) is 18.9 Å². The van der Waals surface area contributed by atoms with Crippen molar-refractivity contribution >= 4 is 30.6 Å². The summed E-state index contributed by atoms with van der Waals surface area (Å²) in [5.41, 5.74) is 0. The zero-order valence-corrected chi connectivity index (χ0v) is 19.7. The van der Waals surface area contributed by atoms with Crippen LogP contribution in [0.3, 0.4) is 0 Å². The molecule has 1 aliphatic rings. The highest BCUT2D eigenvalue weighted by molar-refractivity contribution is 6.99. The Bertz CT molecular complexity index is 852. The molecule has 0 bridgehead atoms. The number of rotatable bonds is 6. The number of hydrogen-bond acceptors (Lipinski definition) is 4. The SMILES string of the molecule is COC(=O)[C@@H]1CC[C@@H](O[Si](c2ccccc2)(c2ccccc2)C(C)(C)C)C[C@H]1C(=O)O. The lowest BCUT2D eigenvalue weighted by molar-refractivity contribution is -0.159. The second kappa shape index (κ2) is 9.36. The third-order valence-corrected chi connectivity index (χ3v) is 11.5. The third-order valence-electron chi connectivity index (χ3n) is 6.38. The number of carbonyl (C=O) groups excluding carboxylic acids is 1. The van der Waals surface area contributed by atoms with Gasteiger partial charge in [0, 0.05) is 6.10 Å². The Balaban J connectivity index is 2.04. The molecular formula is C25H32O5Si. The number of carbonyl (C=O) groups is 2. The van der Waals surface area contributed by atoms with E-state index in [2.05, 4.69) is 45.0 Å². The first kappa shape index (κ1) is 23.2. The average molecular weight is 441 g/mol. The fourth-order valence-electron chi connectivity index (χ4n) is 4.89. The molecule has 0 amide bonds. The molecule has 166 valence electrons. The van der Waals surface area contributed by atoms with Gasteiger partial charge in [-0.2, -0.15) is 0 Å². The van der Waals surface area contributed by atoms with Crippen LogP contribution in [0.15, 0.2) is 60.7 Å². The number of hydrogen-bond donors (Lipinski definition) is 1. The highest BCUT2D eigenvalue weighted by Gasteiger charge is 2.52. The molecule has 1 N–H and O–H groups in total.